The molecular weight excluding hydrogens is 394 g/mol. The summed E-state index contributed by atoms with van der Waals surface area (Å²) >= 11 is 9.50. The van der Waals surface area contributed by atoms with Crippen LogP contribution in [0.4, 0.5) is 0 Å². The Bertz CT molecular complexity index is 627. The molecule has 0 amide bonds. The summed E-state index contributed by atoms with van der Waals surface area (Å²) in [6.45, 7) is 5.65. The molecule has 0 aromatic heterocycles. The van der Waals surface area contributed by atoms with Crippen LogP contribution in [0.2, 0.25) is 5.02 Å². The Morgan fingerprint density at radius 1 is 1.42 bits per heavy atom. The van der Waals surface area contributed by atoms with Crippen LogP contribution in [0, 0.1) is 5.92 Å². The number of carbonyl (C=O) groups excluding carboxylic acids is 1. The fraction of sp³-hybridized carbons (Fsp3) is 0.500. The van der Waals surface area contributed by atoms with Crippen molar-refractivity contribution in [1.82, 2.24) is 5.32 Å². The van der Waals surface area contributed by atoms with Gasteiger partial charge in [0.25, 0.3) is 0 Å². The minimum absolute atomic E-state index is 0.250. The molecule has 1 aliphatic heterocycles. The van der Waals surface area contributed by atoms with Crippen molar-refractivity contribution < 1.29 is 14.3 Å². The van der Waals surface area contributed by atoms with Gasteiger partial charge in [-0.2, -0.15) is 0 Å². The van der Waals surface area contributed by atoms with E-state index >= 15 is 0 Å². The van der Waals surface area contributed by atoms with Gasteiger partial charge in [0.05, 0.1) is 12.7 Å². The van der Waals surface area contributed by atoms with Crippen molar-refractivity contribution in [1.29, 1.82) is 0 Å². The van der Waals surface area contributed by atoms with Crippen molar-refractivity contribution in [3.63, 3.8) is 0 Å². The SMILES string of the molecule is COC(=O)/C(=C(/C)N[C@@H](C)C1CCOCC1)c1ccc(Cl)cc1Br. The molecule has 1 aliphatic rings. The largest absolute Gasteiger partial charge is 0.465 e. The molecule has 0 bridgehead atoms. The van der Waals surface area contributed by atoms with Gasteiger partial charge in [0.2, 0.25) is 0 Å². The number of methoxy groups -OCH3 is 1. The highest BCUT2D eigenvalue weighted by atomic mass is 79.9. The van der Waals surface area contributed by atoms with Crippen LogP contribution in [0.3, 0.4) is 0 Å². The Morgan fingerprint density at radius 2 is 2.08 bits per heavy atom. The highest BCUT2D eigenvalue weighted by molar-refractivity contribution is 9.10. The number of hydrogen-bond acceptors (Lipinski definition) is 4. The highest BCUT2D eigenvalue weighted by Gasteiger charge is 2.24. The smallest absolute Gasteiger partial charge is 0.340 e. The molecule has 1 atom stereocenters. The van der Waals surface area contributed by atoms with E-state index in [9.17, 15) is 4.79 Å². The van der Waals surface area contributed by atoms with E-state index in [1.165, 1.54) is 7.11 Å². The van der Waals surface area contributed by atoms with Gasteiger partial charge in [-0.3, -0.25) is 0 Å². The van der Waals surface area contributed by atoms with Gasteiger partial charge < -0.3 is 14.8 Å². The van der Waals surface area contributed by atoms with Crippen LogP contribution >= 0.6 is 27.5 Å². The molecule has 0 spiro atoms. The first-order chi connectivity index (χ1) is 11.4. The van der Waals surface area contributed by atoms with E-state index in [-0.39, 0.29) is 12.0 Å². The number of esters is 1. The van der Waals surface area contributed by atoms with Gasteiger partial charge in [0.15, 0.2) is 0 Å². The van der Waals surface area contributed by atoms with Crippen molar-refractivity contribution in [3.8, 4) is 0 Å². The second-order valence-corrected chi connectivity index (χ2v) is 7.29. The lowest BCUT2D eigenvalue weighted by atomic mass is 9.92. The van der Waals surface area contributed by atoms with Crippen LogP contribution in [0.5, 0.6) is 0 Å². The summed E-state index contributed by atoms with van der Waals surface area (Å²) in [4.78, 5) is 12.4. The first-order valence-corrected chi connectivity index (χ1v) is 9.20. The lowest BCUT2D eigenvalue weighted by Crippen LogP contribution is -2.36. The van der Waals surface area contributed by atoms with Gasteiger partial charge in [0.1, 0.15) is 0 Å². The third-order valence-electron chi connectivity index (χ3n) is 4.38. The number of ether oxygens (including phenoxy) is 2. The van der Waals surface area contributed by atoms with Crippen LogP contribution in [0.25, 0.3) is 5.57 Å². The number of carbonyl (C=O) groups is 1. The second kappa shape index (κ2) is 8.88. The van der Waals surface area contributed by atoms with Crippen LogP contribution in [-0.2, 0) is 14.3 Å². The fourth-order valence-electron chi connectivity index (χ4n) is 3.01. The number of allylic oxidation sites excluding steroid dienone is 1. The number of nitrogens with one attached hydrogen (secondary N) is 1. The summed E-state index contributed by atoms with van der Waals surface area (Å²) in [5, 5.41) is 4.08. The minimum Gasteiger partial charge on any atom is -0.465 e. The molecule has 6 heteroatoms. The van der Waals surface area contributed by atoms with Crippen LogP contribution in [-0.4, -0.2) is 32.3 Å². The highest BCUT2D eigenvalue weighted by Crippen LogP contribution is 2.30. The predicted octanol–water partition coefficient (Wildman–Crippen LogP) is 4.41. The zero-order valence-corrected chi connectivity index (χ0v) is 16.5. The van der Waals surface area contributed by atoms with Crippen LogP contribution < -0.4 is 5.32 Å². The van der Waals surface area contributed by atoms with Crippen molar-refractivity contribution in [2.75, 3.05) is 20.3 Å². The summed E-state index contributed by atoms with van der Waals surface area (Å²) in [6.07, 6.45) is 2.05. The van der Waals surface area contributed by atoms with E-state index in [4.69, 9.17) is 21.1 Å². The summed E-state index contributed by atoms with van der Waals surface area (Å²) in [7, 11) is 1.39. The Kier molecular flexibility index (Phi) is 7.14. The van der Waals surface area contributed by atoms with E-state index in [1.807, 2.05) is 13.0 Å². The summed E-state index contributed by atoms with van der Waals surface area (Å²) in [6, 6.07) is 5.61. The Morgan fingerprint density at radius 3 is 2.67 bits per heavy atom. The molecular formula is C18H23BrClNO3. The molecule has 0 saturated carbocycles. The summed E-state index contributed by atoms with van der Waals surface area (Å²) < 4.78 is 11.2. The molecule has 24 heavy (non-hydrogen) atoms. The maximum Gasteiger partial charge on any atom is 0.340 e. The topological polar surface area (TPSA) is 47.6 Å². The maximum absolute atomic E-state index is 12.4. The molecule has 1 aromatic carbocycles. The standard InChI is InChI=1S/C18H23BrClNO3/c1-11(13-6-8-24-9-7-13)21-12(2)17(18(22)23-3)15-5-4-14(20)10-16(15)19/h4-5,10-11,13,21H,6-9H2,1-3H3/b17-12-/t11-/m0/s1. The van der Waals surface area contributed by atoms with Crippen molar-refractivity contribution in [3.05, 3.63) is 39.0 Å². The average Bonchev–Trinajstić information content (AvgIpc) is 2.57. The maximum atomic E-state index is 12.4. The summed E-state index contributed by atoms with van der Waals surface area (Å²) in [5.74, 6) is 0.156. The van der Waals surface area contributed by atoms with Crippen LogP contribution in [0.15, 0.2) is 28.4 Å². The average molecular weight is 417 g/mol. The van der Waals surface area contributed by atoms with Gasteiger partial charge >= 0.3 is 5.97 Å². The van der Waals surface area contributed by atoms with Crippen molar-refractivity contribution in [2.24, 2.45) is 5.92 Å². The predicted molar refractivity (Wildman–Crippen MR) is 99.9 cm³/mol. The molecule has 132 valence electrons. The van der Waals surface area contributed by atoms with E-state index in [0.717, 1.165) is 41.8 Å². The molecule has 0 unspecified atom stereocenters. The molecule has 1 aromatic rings. The monoisotopic (exact) mass is 415 g/mol. The number of rotatable bonds is 5. The van der Waals surface area contributed by atoms with E-state index in [1.54, 1.807) is 12.1 Å². The molecule has 1 N–H and O–H groups in total. The number of halogens is 2. The molecule has 1 fully saturated rings. The van der Waals surface area contributed by atoms with Gasteiger partial charge in [-0.05, 0) is 44.7 Å². The van der Waals surface area contributed by atoms with Gasteiger partial charge in [-0.1, -0.05) is 33.6 Å². The van der Waals surface area contributed by atoms with Crippen molar-refractivity contribution in [2.45, 2.75) is 32.7 Å². The zero-order chi connectivity index (χ0) is 17.7. The van der Waals surface area contributed by atoms with Crippen LogP contribution in [0.1, 0.15) is 32.3 Å². The normalized spacial score (nSPS) is 17.9. The molecule has 2 rings (SSSR count). The van der Waals surface area contributed by atoms with Gasteiger partial charge in [0, 0.05) is 40.0 Å². The molecule has 0 radical (unpaired) electrons. The van der Waals surface area contributed by atoms with Crippen molar-refractivity contribution >= 4 is 39.1 Å². The lowest BCUT2D eigenvalue weighted by molar-refractivity contribution is -0.133. The zero-order valence-electron chi connectivity index (χ0n) is 14.2. The first kappa shape index (κ1) is 19.3. The molecule has 1 saturated heterocycles. The Hall–Kier alpha value is -1.04. The van der Waals surface area contributed by atoms with E-state index < -0.39 is 0 Å². The summed E-state index contributed by atoms with van der Waals surface area (Å²) in [5.41, 5.74) is 2.07. The third kappa shape index (κ3) is 4.74. The lowest BCUT2D eigenvalue weighted by Gasteiger charge is -2.30. The first-order valence-electron chi connectivity index (χ1n) is 8.03. The van der Waals surface area contributed by atoms with Gasteiger partial charge in [-0.25, -0.2) is 4.79 Å². The fourth-order valence-corrected chi connectivity index (χ4v) is 3.89. The second-order valence-electron chi connectivity index (χ2n) is 6.00. The Balaban J connectivity index is 2.30. The molecule has 4 nitrogen and oxygen atoms in total. The molecule has 0 aliphatic carbocycles. The van der Waals surface area contributed by atoms with E-state index in [0.29, 0.717) is 16.5 Å². The number of benzene rings is 1. The van der Waals surface area contributed by atoms with E-state index in [2.05, 4.69) is 28.2 Å². The number of hydrogen-bond donors (Lipinski definition) is 1. The molecule has 1 heterocycles. The Labute approximate surface area is 156 Å². The third-order valence-corrected chi connectivity index (χ3v) is 5.27. The minimum atomic E-state index is -0.373. The quantitative estimate of drug-likeness (QED) is 0.570. The van der Waals surface area contributed by atoms with Gasteiger partial charge in [-0.15, -0.1) is 0 Å².